The van der Waals surface area contributed by atoms with Crippen LogP contribution < -0.4 is 4.74 Å². The first-order valence-corrected chi connectivity index (χ1v) is 8.37. The number of carbonyl (C=O) groups is 2. The lowest BCUT2D eigenvalue weighted by atomic mass is 10.1. The quantitative estimate of drug-likeness (QED) is 0.908. The van der Waals surface area contributed by atoms with E-state index in [-0.39, 0.29) is 5.91 Å². The highest BCUT2D eigenvalue weighted by Gasteiger charge is 2.34. The molecule has 5 nitrogen and oxygen atoms in total. The van der Waals surface area contributed by atoms with Gasteiger partial charge >= 0.3 is 5.97 Å². The number of carboxylic acids is 1. The number of aryl methyl sites for hydroxylation is 1. The predicted octanol–water partition coefficient (Wildman–Crippen LogP) is 3.26. The third kappa shape index (κ3) is 3.99. The minimum Gasteiger partial charge on any atom is -0.489 e. The predicted molar refractivity (Wildman–Crippen MR) is 93.6 cm³/mol. The zero-order chi connectivity index (χ0) is 17.8. The molecule has 0 aliphatic carbocycles. The monoisotopic (exact) mass is 339 g/mol. The number of rotatable bonds is 5. The van der Waals surface area contributed by atoms with Gasteiger partial charge in [-0.15, -0.1) is 0 Å². The zero-order valence-corrected chi connectivity index (χ0v) is 14.1. The van der Waals surface area contributed by atoms with Crippen molar-refractivity contribution in [3.8, 4) is 5.75 Å². The number of carbonyl (C=O) groups excluding carboxylic acids is 1. The second-order valence-electron chi connectivity index (χ2n) is 6.30. The summed E-state index contributed by atoms with van der Waals surface area (Å²) in [5.41, 5.74) is 2.68. The average molecular weight is 339 g/mol. The van der Waals surface area contributed by atoms with Crippen LogP contribution in [0.1, 0.15) is 34.3 Å². The Kier molecular flexibility index (Phi) is 5.03. The molecular formula is C20H21NO4. The maximum atomic E-state index is 12.6. The number of benzene rings is 2. The molecule has 1 aliphatic heterocycles. The highest BCUT2D eigenvalue weighted by Crippen LogP contribution is 2.22. The molecule has 1 aliphatic rings. The van der Waals surface area contributed by atoms with E-state index < -0.39 is 12.0 Å². The fraction of sp³-hybridized carbons (Fsp3) is 0.300. The van der Waals surface area contributed by atoms with Gasteiger partial charge in [-0.25, -0.2) is 4.79 Å². The van der Waals surface area contributed by atoms with Gasteiger partial charge in [-0.2, -0.15) is 0 Å². The number of likely N-dealkylation sites (tertiary alicyclic amines) is 1. The first-order valence-electron chi connectivity index (χ1n) is 8.37. The lowest BCUT2D eigenvalue weighted by Crippen LogP contribution is -2.40. The van der Waals surface area contributed by atoms with Gasteiger partial charge in [0.15, 0.2) is 0 Å². The van der Waals surface area contributed by atoms with Crippen molar-refractivity contribution >= 4 is 11.9 Å². The first kappa shape index (κ1) is 17.0. The van der Waals surface area contributed by atoms with E-state index >= 15 is 0 Å². The van der Waals surface area contributed by atoms with E-state index in [1.807, 2.05) is 25.1 Å². The molecule has 0 unspecified atom stereocenters. The van der Waals surface area contributed by atoms with Crippen LogP contribution in [0, 0.1) is 6.92 Å². The van der Waals surface area contributed by atoms with Crippen molar-refractivity contribution in [2.24, 2.45) is 0 Å². The van der Waals surface area contributed by atoms with Crippen molar-refractivity contribution in [2.45, 2.75) is 32.4 Å². The van der Waals surface area contributed by atoms with Gasteiger partial charge in [-0.05, 0) is 43.5 Å². The Labute approximate surface area is 146 Å². The van der Waals surface area contributed by atoms with E-state index in [0.29, 0.717) is 37.3 Å². The van der Waals surface area contributed by atoms with Gasteiger partial charge < -0.3 is 14.7 Å². The molecule has 1 atom stereocenters. The van der Waals surface area contributed by atoms with Crippen LogP contribution >= 0.6 is 0 Å². The Morgan fingerprint density at radius 1 is 1.20 bits per heavy atom. The Hall–Kier alpha value is -2.82. The SMILES string of the molecule is Cc1cccc(COc2cccc(C(=O)N3CCC[C@@H]3C(=O)O)c2)c1. The van der Waals surface area contributed by atoms with E-state index in [2.05, 4.69) is 6.07 Å². The summed E-state index contributed by atoms with van der Waals surface area (Å²) in [7, 11) is 0. The maximum Gasteiger partial charge on any atom is 0.326 e. The highest BCUT2D eigenvalue weighted by molar-refractivity contribution is 5.97. The molecule has 0 aromatic heterocycles. The van der Waals surface area contributed by atoms with Crippen LogP contribution in [-0.4, -0.2) is 34.5 Å². The minimum absolute atomic E-state index is 0.258. The fourth-order valence-electron chi connectivity index (χ4n) is 3.12. The summed E-state index contributed by atoms with van der Waals surface area (Å²) in [4.78, 5) is 25.4. The third-order valence-corrected chi connectivity index (χ3v) is 4.37. The van der Waals surface area contributed by atoms with Crippen molar-refractivity contribution in [1.29, 1.82) is 0 Å². The van der Waals surface area contributed by atoms with E-state index in [0.717, 1.165) is 5.56 Å². The molecule has 25 heavy (non-hydrogen) atoms. The molecule has 2 aromatic carbocycles. The normalized spacial score (nSPS) is 16.7. The smallest absolute Gasteiger partial charge is 0.326 e. The van der Waals surface area contributed by atoms with Crippen molar-refractivity contribution < 1.29 is 19.4 Å². The molecule has 5 heteroatoms. The van der Waals surface area contributed by atoms with Gasteiger partial charge in [0.05, 0.1) is 0 Å². The lowest BCUT2D eigenvalue weighted by Gasteiger charge is -2.21. The number of aliphatic carboxylic acids is 1. The van der Waals surface area contributed by atoms with E-state index in [4.69, 9.17) is 4.74 Å². The molecule has 1 amide bonds. The molecule has 0 spiro atoms. The average Bonchev–Trinajstić information content (AvgIpc) is 3.10. The largest absolute Gasteiger partial charge is 0.489 e. The Balaban J connectivity index is 1.70. The number of ether oxygens (including phenoxy) is 1. The highest BCUT2D eigenvalue weighted by atomic mass is 16.5. The van der Waals surface area contributed by atoms with Crippen molar-refractivity contribution in [2.75, 3.05) is 6.54 Å². The van der Waals surface area contributed by atoms with Crippen molar-refractivity contribution in [3.05, 3.63) is 65.2 Å². The standard InChI is InChI=1S/C20H21NO4/c1-14-5-2-6-15(11-14)13-25-17-8-3-7-16(12-17)19(22)21-10-4-9-18(21)20(23)24/h2-3,5-8,11-12,18H,4,9-10,13H2,1H3,(H,23,24)/t18-/m1/s1. The van der Waals surface area contributed by atoms with Crippen LogP contribution in [0.2, 0.25) is 0 Å². The molecule has 0 radical (unpaired) electrons. The van der Waals surface area contributed by atoms with Gasteiger partial charge in [-0.3, -0.25) is 4.79 Å². The number of hydrogen-bond donors (Lipinski definition) is 1. The topological polar surface area (TPSA) is 66.8 Å². The van der Waals surface area contributed by atoms with Crippen molar-refractivity contribution in [3.63, 3.8) is 0 Å². The van der Waals surface area contributed by atoms with Gasteiger partial charge in [0.1, 0.15) is 18.4 Å². The molecule has 0 saturated carbocycles. The molecule has 1 fully saturated rings. The van der Waals surface area contributed by atoms with Crippen LogP contribution in [0.15, 0.2) is 48.5 Å². The summed E-state index contributed by atoms with van der Waals surface area (Å²) in [5.74, 6) is -0.609. The number of nitrogens with zero attached hydrogens (tertiary/aromatic N) is 1. The van der Waals surface area contributed by atoms with Crippen molar-refractivity contribution in [1.82, 2.24) is 4.90 Å². The Bertz CT molecular complexity index is 787. The fourth-order valence-corrected chi connectivity index (χ4v) is 3.12. The van der Waals surface area contributed by atoms with Gasteiger partial charge in [0.2, 0.25) is 0 Å². The number of carboxylic acid groups (broad SMARTS) is 1. The first-order chi connectivity index (χ1) is 12.0. The van der Waals surface area contributed by atoms with E-state index in [1.54, 1.807) is 24.3 Å². The molecule has 1 saturated heterocycles. The summed E-state index contributed by atoms with van der Waals surface area (Å²) in [6, 6.07) is 14.2. The van der Waals surface area contributed by atoms with Crippen LogP contribution in [0.4, 0.5) is 0 Å². The maximum absolute atomic E-state index is 12.6. The van der Waals surface area contributed by atoms with Gasteiger partial charge in [-0.1, -0.05) is 35.9 Å². The zero-order valence-electron chi connectivity index (χ0n) is 14.1. The van der Waals surface area contributed by atoms with Gasteiger partial charge in [0, 0.05) is 12.1 Å². The Morgan fingerprint density at radius 2 is 2.00 bits per heavy atom. The summed E-state index contributed by atoms with van der Waals surface area (Å²) in [6.45, 7) is 2.92. The van der Waals surface area contributed by atoms with E-state index in [1.165, 1.54) is 10.5 Å². The third-order valence-electron chi connectivity index (χ3n) is 4.37. The second-order valence-corrected chi connectivity index (χ2v) is 6.30. The van der Waals surface area contributed by atoms with Gasteiger partial charge in [0.25, 0.3) is 5.91 Å². The summed E-state index contributed by atoms with van der Waals surface area (Å²) < 4.78 is 5.79. The molecular weight excluding hydrogens is 318 g/mol. The summed E-state index contributed by atoms with van der Waals surface area (Å²) >= 11 is 0. The number of hydrogen-bond acceptors (Lipinski definition) is 3. The number of amides is 1. The molecule has 0 bridgehead atoms. The Morgan fingerprint density at radius 3 is 2.76 bits per heavy atom. The minimum atomic E-state index is -0.947. The molecule has 2 aromatic rings. The summed E-state index contributed by atoms with van der Waals surface area (Å²) in [5, 5.41) is 9.25. The van der Waals surface area contributed by atoms with Crippen LogP contribution in [0.5, 0.6) is 5.75 Å². The summed E-state index contributed by atoms with van der Waals surface area (Å²) in [6.07, 6.45) is 1.22. The molecule has 1 N–H and O–H groups in total. The second kappa shape index (κ2) is 7.38. The van der Waals surface area contributed by atoms with Crippen LogP contribution in [-0.2, 0) is 11.4 Å². The lowest BCUT2D eigenvalue weighted by molar-refractivity contribution is -0.141. The van der Waals surface area contributed by atoms with E-state index in [9.17, 15) is 14.7 Å². The van der Waals surface area contributed by atoms with Crippen LogP contribution in [0.3, 0.4) is 0 Å². The van der Waals surface area contributed by atoms with Crippen LogP contribution in [0.25, 0.3) is 0 Å². The molecule has 130 valence electrons. The molecule has 1 heterocycles. The molecule has 3 rings (SSSR count).